The smallest absolute Gasteiger partial charge is 0.270 e. The summed E-state index contributed by atoms with van der Waals surface area (Å²) in [5.41, 5.74) is 2.82. The van der Waals surface area contributed by atoms with Crippen LogP contribution in [0, 0.1) is 17.0 Å². The normalized spacial score (nSPS) is 10.8. The fraction of sp³-hybridized carbons (Fsp3) is 0.160. The van der Waals surface area contributed by atoms with Crippen molar-refractivity contribution in [2.24, 2.45) is 0 Å². The van der Waals surface area contributed by atoms with Gasteiger partial charge in [0.05, 0.1) is 24.3 Å². The summed E-state index contributed by atoms with van der Waals surface area (Å²) < 4.78 is 7.17. The zero-order valence-corrected chi connectivity index (χ0v) is 21.0. The number of hydrogen-bond acceptors (Lipinski definition) is 7. The summed E-state index contributed by atoms with van der Waals surface area (Å²) in [6.07, 6.45) is 0. The van der Waals surface area contributed by atoms with Crippen molar-refractivity contribution in [2.75, 3.05) is 7.11 Å². The van der Waals surface area contributed by atoms with Gasteiger partial charge in [-0.15, -0.1) is 10.2 Å². The molecule has 0 aliphatic carbocycles. The van der Waals surface area contributed by atoms with E-state index in [9.17, 15) is 14.9 Å². The number of carbonyl (C=O) groups is 1. The maximum absolute atomic E-state index is 12.7. The van der Waals surface area contributed by atoms with Crippen LogP contribution in [0.3, 0.4) is 0 Å². The van der Waals surface area contributed by atoms with Gasteiger partial charge in [0.1, 0.15) is 5.75 Å². The predicted molar refractivity (Wildman–Crippen MR) is 138 cm³/mol. The molecule has 0 aliphatic heterocycles. The van der Waals surface area contributed by atoms with Crippen LogP contribution in [0.15, 0.2) is 71.9 Å². The van der Waals surface area contributed by atoms with E-state index in [1.165, 1.54) is 36.0 Å². The Labute approximate surface area is 216 Å². The van der Waals surface area contributed by atoms with Crippen molar-refractivity contribution in [3.05, 3.63) is 104 Å². The quantitative estimate of drug-likeness (QED) is 0.178. The number of amides is 1. The monoisotopic (exact) mass is 523 g/mol. The molecule has 0 fully saturated rings. The Kier molecular flexibility index (Phi) is 7.87. The second-order valence-electron chi connectivity index (χ2n) is 7.80. The van der Waals surface area contributed by atoms with Crippen LogP contribution in [0.1, 0.15) is 27.3 Å². The Morgan fingerprint density at radius 2 is 1.94 bits per heavy atom. The predicted octanol–water partition coefficient (Wildman–Crippen LogP) is 5.37. The van der Waals surface area contributed by atoms with Gasteiger partial charge in [-0.05, 0) is 48.4 Å². The Bertz CT molecular complexity index is 1430. The van der Waals surface area contributed by atoms with E-state index in [-0.39, 0.29) is 17.8 Å². The molecule has 0 saturated heterocycles. The average molecular weight is 524 g/mol. The van der Waals surface area contributed by atoms with Gasteiger partial charge < -0.3 is 10.1 Å². The number of rotatable bonds is 9. The van der Waals surface area contributed by atoms with Crippen LogP contribution in [-0.4, -0.2) is 32.7 Å². The van der Waals surface area contributed by atoms with Crippen molar-refractivity contribution in [2.45, 2.75) is 24.4 Å². The minimum Gasteiger partial charge on any atom is -0.497 e. The lowest BCUT2D eigenvalue weighted by molar-refractivity contribution is -0.384. The fourth-order valence-electron chi connectivity index (χ4n) is 3.51. The molecule has 4 rings (SSSR count). The molecule has 0 saturated carbocycles. The molecule has 1 aromatic heterocycles. The molecule has 1 heterocycles. The second kappa shape index (κ2) is 11.2. The number of thioether (sulfide) groups is 1. The van der Waals surface area contributed by atoms with E-state index < -0.39 is 10.8 Å². The molecule has 1 N–H and O–H groups in total. The van der Waals surface area contributed by atoms with Gasteiger partial charge in [-0.1, -0.05) is 47.6 Å². The molecule has 36 heavy (non-hydrogen) atoms. The molecular weight excluding hydrogens is 502 g/mol. The number of ether oxygens (including phenoxy) is 1. The van der Waals surface area contributed by atoms with Gasteiger partial charge in [-0.3, -0.25) is 19.5 Å². The van der Waals surface area contributed by atoms with Crippen molar-refractivity contribution in [3.8, 4) is 11.4 Å². The maximum atomic E-state index is 12.7. The zero-order chi connectivity index (χ0) is 25.7. The van der Waals surface area contributed by atoms with Gasteiger partial charge in [0.25, 0.3) is 11.6 Å². The van der Waals surface area contributed by atoms with E-state index in [1.54, 1.807) is 13.2 Å². The van der Waals surface area contributed by atoms with Crippen molar-refractivity contribution < 1.29 is 14.5 Å². The Morgan fingerprint density at radius 1 is 1.14 bits per heavy atom. The van der Waals surface area contributed by atoms with E-state index in [1.807, 2.05) is 47.9 Å². The van der Waals surface area contributed by atoms with Crippen LogP contribution >= 0.6 is 23.4 Å². The number of aryl methyl sites for hydroxylation is 1. The number of methoxy groups -OCH3 is 1. The molecule has 1 amide bonds. The molecule has 3 aromatic carbocycles. The minimum atomic E-state index is -0.541. The molecule has 184 valence electrons. The highest BCUT2D eigenvalue weighted by Gasteiger charge is 2.18. The maximum Gasteiger partial charge on any atom is 0.270 e. The molecule has 0 unspecified atom stereocenters. The molecule has 0 radical (unpaired) electrons. The fourth-order valence-corrected chi connectivity index (χ4v) is 4.58. The van der Waals surface area contributed by atoms with Crippen LogP contribution in [0.25, 0.3) is 5.69 Å². The average Bonchev–Trinajstić information content (AvgIpc) is 3.30. The standard InChI is InChI=1S/C25H22ClN5O4S/c1-16-9-10-19(26)13-22(16)30-23(14-27-24(32)18-6-4-7-20(12-18)31(33)34)28-29-25(30)36-15-17-5-3-8-21(11-17)35-2/h3-13H,14-15H2,1-2H3,(H,27,32). The Hall–Kier alpha value is -3.89. The lowest BCUT2D eigenvalue weighted by atomic mass is 10.2. The number of nitrogens with zero attached hydrogens (tertiary/aromatic N) is 4. The minimum absolute atomic E-state index is 0.0558. The number of nitro groups is 1. The molecule has 9 nitrogen and oxygen atoms in total. The summed E-state index contributed by atoms with van der Waals surface area (Å²) in [6, 6.07) is 18.8. The lowest BCUT2D eigenvalue weighted by Crippen LogP contribution is -2.24. The third kappa shape index (κ3) is 5.84. The SMILES string of the molecule is COc1cccc(CSc2nnc(CNC(=O)c3cccc([N+](=O)[O-])c3)n2-c2cc(Cl)ccc2C)c1. The molecule has 11 heteroatoms. The number of carbonyl (C=O) groups excluding carboxylic acids is 1. The summed E-state index contributed by atoms with van der Waals surface area (Å²) >= 11 is 7.78. The van der Waals surface area contributed by atoms with E-state index in [4.69, 9.17) is 16.3 Å². The number of halogens is 1. The topological polar surface area (TPSA) is 112 Å². The van der Waals surface area contributed by atoms with Crippen molar-refractivity contribution in [1.29, 1.82) is 0 Å². The highest BCUT2D eigenvalue weighted by Crippen LogP contribution is 2.29. The Balaban J connectivity index is 1.61. The summed E-state index contributed by atoms with van der Waals surface area (Å²) in [5.74, 6) is 1.42. The summed E-state index contributed by atoms with van der Waals surface area (Å²) in [5, 5.41) is 23.7. The number of non-ortho nitro benzene ring substituents is 1. The highest BCUT2D eigenvalue weighted by molar-refractivity contribution is 7.98. The summed E-state index contributed by atoms with van der Waals surface area (Å²) in [6.45, 7) is 2.01. The van der Waals surface area contributed by atoms with Crippen LogP contribution in [0.4, 0.5) is 5.69 Å². The van der Waals surface area contributed by atoms with Gasteiger partial charge in [0, 0.05) is 28.5 Å². The van der Waals surface area contributed by atoms with Crippen LogP contribution in [0.5, 0.6) is 5.75 Å². The van der Waals surface area contributed by atoms with Crippen molar-refractivity contribution >= 4 is 35.0 Å². The first-order valence-electron chi connectivity index (χ1n) is 10.8. The van der Waals surface area contributed by atoms with Gasteiger partial charge in [0.15, 0.2) is 11.0 Å². The molecule has 0 bridgehead atoms. The van der Waals surface area contributed by atoms with Crippen LogP contribution in [-0.2, 0) is 12.3 Å². The third-order valence-corrected chi connectivity index (χ3v) is 6.58. The molecule has 0 atom stereocenters. The zero-order valence-electron chi connectivity index (χ0n) is 19.5. The largest absolute Gasteiger partial charge is 0.497 e. The van der Waals surface area contributed by atoms with E-state index in [0.29, 0.717) is 21.8 Å². The summed E-state index contributed by atoms with van der Waals surface area (Å²) in [4.78, 5) is 23.2. The number of hydrogen-bond donors (Lipinski definition) is 1. The third-order valence-electron chi connectivity index (χ3n) is 5.34. The lowest BCUT2D eigenvalue weighted by Gasteiger charge is -2.14. The van der Waals surface area contributed by atoms with Crippen LogP contribution in [0.2, 0.25) is 5.02 Å². The molecule has 0 aliphatic rings. The Morgan fingerprint density at radius 3 is 2.72 bits per heavy atom. The van der Waals surface area contributed by atoms with Gasteiger partial charge in [-0.2, -0.15) is 0 Å². The number of aromatic nitrogens is 3. The van der Waals surface area contributed by atoms with Crippen LogP contribution < -0.4 is 10.1 Å². The first kappa shape index (κ1) is 25.2. The molecular formula is C25H22ClN5O4S. The number of benzene rings is 3. The van der Waals surface area contributed by atoms with E-state index >= 15 is 0 Å². The summed E-state index contributed by atoms with van der Waals surface area (Å²) in [7, 11) is 1.62. The van der Waals surface area contributed by atoms with E-state index in [0.717, 1.165) is 22.6 Å². The first-order valence-corrected chi connectivity index (χ1v) is 12.2. The number of nitro benzene ring substituents is 1. The van der Waals surface area contributed by atoms with E-state index in [2.05, 4.69) is 15.5 Å². The van der Waals surface area contributed by atoms with Crippen molar-refractivity contribution in [1.82, 2.24) is 20.1 Å². The highest BCUT2D eigenvalue weighted by atomic mass is 35.5. The van der Waals surface area contributed by atoms with Gasteiger partial charge in [0.2, 0.25) is 0 Å². The molecule has 0 spiro atoms. The first-order chi connectivity index (χ1) is 17.4. The van der Waals surface area contributed by atoms with Gasteiger partial charge in [-0.25, -0.2) is 0 Å². The van der Waals surface area contributed by atoms with Gasteiger partial charge >= 0.3 is 0 Å². The van der Waals surface area contributed by atoms with Crippen molar-refractivity contribution in [3.63, 3.8) is 0 Å². The number of nitrogens with one attached hydrogen (secondary N) is 1. The molecule has 4 aromatic rings. The second-order valence-corrected chi connectivity index (χ2v) is 9.17.